The Morgan fingerprint density at radius 2 is 2.33 bits per heavy atom. The summed E-state index contributed by atoms with van der Waals surface area (Å²) in [4.78, 5) is 21.5. The number of ether oxygens (including phenoxy) is 1. The number of fused-ring (bicyclic) bond motifs is 1. The van der Waals surface area contributed by atoms with Crippen LogP contribution in [-0.2, 0) is 9.53 Å². The highest BCUT2D eigenvalue weighted by molar-refractivity contribution is 5.87. The molecule has 1 unspecified atom stereocenters. The number of carbonyl (C=O) groups excluding carboxylic acids is 2. The predicted molar refractivity (Wildman–Crippen MR) is 37.2 cm³/mol. The van der Waals surface area contributed by atoms with Gasteiger partial charge >= 0.3 is 12.2 Å². The van der Waals surface area contributed by atoms with E-state index in [1.807, 2.05) is 0 Å². The highest BCUT2D eigenvalue weighted by Gasteiger charge is 2.38. The number of pyridine rings is 1. The SMILES string of the molecule is O=CC1OC(=O)c2cccc[n+]21. The van der Waals surface area contributed by atoms with Gasteiger partial charge in [-0.3, -0.25) is 4.79 Å². The first kappa shape index (κ1) is 6.97. The average molecular weight is 164 g/mol. The topological polar surface area (TPSA) is 47.3 Å². The molecule has 0 aliphatic carbocycles. The van der Waals surface area contributed by atoms with Gasteiger partial charge in [-0.05, 0) is 6.07 Å². The van der Waals surface area contributed by atoms with E-state index in [0.29, 0.717) is 12.0 Å². The number of rotatable bonds is 1. The Bertz CT molecular complexity index is 348. The summed E-state index contributed by atoms with van der Waals surface area (Å²) in [5.41, 5.74) is 0.412. The fourth-order valence-electron chi connectivity index (χ4n) is 1.17. The summed E-state index contributed by atoms with van der Waals surface area (Å²) in [6.45, 7) is 0. The van der Waals surface area contributed by atoms with Gasteiger partial charge in [-0.25, -0.2) is 4.79 Å². The molecule has 0 radical (unpaired) electrons. The van der Waals surface area contributed by atoms with Crippen LogP contribution in [-0.4, -0.2) is 12.3 Å². The van der Waals surface area contributed by atoms with E-state index < -0.39 is 12.2 Å². The molecule has 1 aromatic heterocycles. The van der Waals surface area contributed by atoms with Gasteiger partial charge in [-0.2, -0.15) is 0 Å². The maximum Gasteiger partial charge on any atom is 0.409 e. The minimum atomic E-state index is -0.784. The lowest BCUT2D eigenvalue weighted by Crippen LogP contribution is -2.38. The zero-order valence-corrected chi connectivity index (χ0v) is 6.14. The molecule has 1 aromatic rings. The van der Waals surface area contributed by atoms with Crippen molar-refractivity contribution in [3.63, 3.8) is 0 Å². The van der Waals surface area contributed by atoms with Crippen LogP contribution < -0.4 is 4.57 Å². The Kier molecular flexibility index (Phi) is 1.40. The van der Waals surface area contributed by atoms with E-state index in [9.17, 15) is 9.59 Å². The molecule has 0 saturated heterocycles. The monoisotopic (exact) mass is 164 g/mol. The van der Waals surface area contributed by atoms with Gasteiger partial charge in [0.05, 0.1) is 0 Å². The maximum absolute atomic E-state index is 11.0. The Morgan fingerprint density at radius 1 is 1.50 bits per heavy atom. The van der Waals surface area contributed by atoms with E-state index in [1.54, 1.807) is 24.4 Å². The third kappa shape index (κ3) is 0.812. The van der Waals surface area contributed by atoms with Crippen molar-refractivity contribution in [2.45, 2.75) is 6.23 Å². The Hall–Kier alpha value is -1.71. The molecule has 1 aliphatic heterocycles. The van der Waals surface area contributed by atoms with Crippen molar-refractivity contribution in [2.75, 3.05) is 0 Å². The summed E-state index contributed by atoms with van der Waals surface area (Å²) in [7, 11) is 0. The highest BCUT2D eigenvalue weighted by Crippen LogP contribution is 2.10. The van der Waals surface area contributed by atoms with Gasteiger partial charge in [-0.1, -0.05) is 0 Å². The van der Waals surface area contributed by atoms with E-state index in [2.05, 4.69) is 0 Å². The first-order chi connectivity index (χ1) is 5.83. The number of hydrogen-bond donors (Lipinski definition) is 0. The summed E-state index contributed by atoms with van der Waals surface area (Å²) < 4.78 is 6.23. The van der Waals surface area contributed by atoms with Crippen LogP contribution in [0.25, 0.3) is 0 Å². The zero-order valence-electron chi connectivity index (χ0n) is 6.14. The van der Waals surface area contributed by atoms with Crippen molar-refractivity contribution in [2.24, 2.45) is 0 Å². The van der Waals surface area contributed by atoms with Crippen molar-refractivity contribution in [3.8, 4) is 0 Å². The van der Waals surface area contributed by atoms with Crippen LogP contribution in [0, 0.1) is 0 Å². The fraction of sp³-hybridized carbons (Fsp3) is 0.125. The molecule has 60 valence electrons. The van der Waals surface area contributed by atoms with E-state index in [-0.39, 0.29) is 0 Å². The number of aromatic nitrogens is 1. The normalized spacial score (nSPS) is 20.0. The van der Waals surface area contributed by atoms with Gasteiger partial charge in [0.1, 0.15) is 0 Å². The third-order valence-electron chi connectivity index (χ3n) is 1.72. The number of aldehydes is 1. The lowest BCUT2D eigenvalue weighted by Gasteiger charge is -1.92. The minimum absolute atomic E-state index is 0.412. The summed E-state index contributed by atoms with van der Waals surface area (Å²) in [5.74, 6) is -0.451. The molecule has 0 bridgehead atoms. The van der Waals surface area contributed by atoms with Gasteiger partial charge in [0.15, 0.2) is 6.20 Å². The van der Waals surface area contributed by atoms with Crippen LogP contribution in [0.4, 0.5) is 0 Å². The van der Waals surface area contributed by atoms with Gasteiger partial charge in [0.2, 0.25) is 6.29 Å². The maximum atomic E-state index is 11.0. The Labute approximate surface area is 68.4 Å². The smallest absolute Gasteiger partial charge is 0.388 e. The molecule has 0 amide bonds. The quantitative estimate of drug-likeness (QED) is 0.329. The second kappa shape index (κ2) is 2.41. The molecule has 0 fully saturated rings. The highest BCUT2D eigenvalue weighted by atomic mass is 16.6. The fourth-order valence-corrected chi connectivity index (χ4v) is 1.17. The van der Waals surface area contributed by atoms with E-state index in [1.165, 1.54) is 4.57 Å². The molecule has 2 heterocycles. The zero-order chi connectivity index (χ0) is 8.55. The average Bonchev–Trinajstić information content (AvgIpc) is 2.44. The van der Waals surface area contributed by atoms with Crippen LogP contribution in [0.3, 0.4) is 0 Å². The summed E-state index contributed by atoms with van der Waals surface area (Å²) >= 11 is 0. The predicted octanol–water partition coefficient (Wildman–Crippen LogP) is -0.158. The molecular weight excluding hydrogens is 158 g/mol. The molecule has 1 aliphatic rings. The van der Waals surface area contributed by atoms with Crippen molar-refractivity contribution < 1.29 is 18.9 Å². The molecule has 4 nitrogen and oxygen atoms in total. The summed E-state index contributed by atoms with van der Waals surface area (Å²) in [6, 6.07) is 5.08. The van der Waals surface area contributed by atoms with Crippen molar-refractivity contribution >= 4 is 12.3 Å². The standard InChI is InChI=1S/C8H6NO3/c10-5-7-9-4-2-1-3-6(9)8(11)12-7/h1-5,7H/q+1. The Balaban J connectivity index is 2.57. The Morgan fingerprint density at radius 3 is 3.08 bits per heavy atom. The summed E-state index contributed by atoms with van der Waals surface area (Å²) in [6.07, 6.45) is 1.45. The molecule has 0 saturated carbocycles. The van der Waals surface area contributed by atoms with Crippen molar-refractivity contribution in [1.82, 2.24) is 0 Å². The second-order valence-corrected chi connectivity index (χ2v) is 2.43. The van der Waals surface area contributed by atoms with Gasteiger partial charge in [0.25, 0.3) is 5.69 Å². The molecular formula is C8H6NO3+. The molecule has 0 spiro atoms. The first-order valence-corrected chi connectivity index (χ1v) is 3.49. The number of esters is 1. The van der Waals surface area contributed by atoms with E-state index >= 15 is 0 Å². The molecule has 2 rings (SSSR count). The number of hydrogen-bond acceptors (Lipinski definition) is 3. The van der Waals surface area contributed by atoms with Gasteiger partial charge in [0, 0.05) is 12.1 Å². The number of cyclic esters (lactones) is 1. The van der Waals surface area contributed by atoms with Gasteiger partial charge < -0.3 is 4.74 Å². The first-order valence-electron chi connectivity index (χ1n) is 3.49. The second-order valence-electron chi connectivity index (χ2n) is 2.43. The van der Waals surface area contributed by atoms with Crippen LogP contribution in [0.15, 0.2) is 24.4 Å². The molecule has 12 heavy (non-hydrogen) atoms. The van der Waals surface area contributed by atoms with Crippen LogP contribution >= 0.6 is 0 Å². The number of nitrogens with zero attached hydrogens (tertiary/aromatic N) is 1. The van der Waals surface area contributed by atoms with E-state index in [4.69, 9.17) is 4.74 Å². The molecule has 0 aromatic carbocycles. The van der Waals surface area contributed by atoms with Crippen molar-refractivity contribution in [1.29, 1.82) is 0 Å². The lowest BCUT2D eigenvalue weighted by molar-refractivity contribution is -0.726. The molecule has 4 heteroatoms. The summed E-state index contributed by atoms with van der Waals surface area (Å²) in [5, 5.41) is 0. The lowest BCUT2D eigenvalue weighted by atomic mass is 10.3. The van der Waals surface area contributed by atoms with Crippen LogP contribution in [0.2, 0.25) is 0 Å². The van der Waals surface area contributed by atoms with Gasteiger partial charge in [-0.15, -0.1) is 4.57 Å². The molecule has 0 N–H and O–H groups in total. The van der Waals surface area contributed by atoms with E-state index in [0.717, 1.165) is 0 Å². The largest absolute Gasteiger partial charge is 0.409 e. The van der Waals surface area contributed by atoms with Crippen molar-refractivity contribution in [3.05, 3.63) is 30.1 Å². The van der Waals surface area contributed by atoms with Crippen LogP contribution in [0.5, 0.6) is 0 Å². The minimum Gasteiger partial charge on any atom is -0.388 e. The van der Waals surface area contributed by atoms with Crippen LogP contribution in [0.1, 0.15) is 16.7 Å². The number of carbonyl (C=O) groups is 2. The molecule has 1 atom stereocenters. The third-order valence-corrected chi connectivity index (χ3v) is 1.72.